The van der Waals surface area contributed by atoms with Crippen LogP contribution in [-0.2, 0) is 0 Å². The molecule has 1 aliphatic heterocycles. The fraction of sp³-hybridized carbons (Fsp3) is 0.385. The van der Waals surface area contributed by atoms with Crippen LogP contribution in [0.15, 0.2) is 24.3 Å². The van der Waals surface area contributed by atoms with Gasteiger partial charge in [0.2, 0.25) is 0 Å². The van der Waals surface area contributed by atoms with Crippen LogP contribution in [0.1, 0.15) is 29.6 Å². The molecule has 3 amide bonds. The number of imide groups is 1. The average molecular weight is 250 g/mol. The van der Waals surface area contributed by atoms with Crippen LogP contribution in [0.4, 0.5) is 9.18 Å². The summed E-state index contributed by atoms with van der Waals surface area (Å²) in [5.41, 5.74) is 0.279. The topological polar surface area (TPSA) is 49.4 Å². The lowest BCUT2D eigenvalue weighted by Crippen LogP contribution is -2.45. The zero-order valence-corrected chi connectivity index (χ0v) is 9.99. The molecule has 0 aromatic heterocycles. The predicted octanol–water partition coefficient (Wildman–Crippen LogP) is 2.16. The van der Waals surface area contributed by atoms with Crippen molar-refractivity contribution in [3.05, 3.63) is 35.6 Å². The highest BCUT2D eigenvalue weighted by Gasteiger charge is 2.18. The van der Waals surface area contributed by atoms with Gasteiger partial charge in [-0.05, 0) is 43.5 Å². The lowest BCUT2D eigenvalue weighted by Gasteiger charge is -2.26. The number of likely N-dealkylation sites (tertiary alicyclic amines) is 1. The number of hydrogen-bond acceptors (Lipinski definition) is 2. The molecule has 5 heteroatoms. The van der Waals surface area contributed by atoms with E-state index in [1.165, 1.54) is 24.3 Å². The van der Waals surface area contributed by atoms with Crippen LogP contribution < -0.4 is 5.32 Å². The van der Waals surface area contributed by atoms with Crippen LogP contribution in [0.3, 0.4) is 0 Å². The highest BCUT2D eigenvalue weighted by atomic mass is 19.1. The summed E-state index contributed by atoms with van der Waals surface area (Å²) in [5.74, 6) is -0.903. The summed E-state index contributed by atoms with van der Waals surface area (Å²) >= 11 is 0. The number of benzene rings is 1. The summed E-state index contributed by atoms with van der Waals surface area (Å²) in [5, 5.41) is 2.31. The number of piperidine rings is 1. The van der Waals surface area contributed by atoms with Gasteiger partial charge in [-0.25, -0.2) is 9.18 Å². The molecule has 1 aromatic rings. The van der Waals surface area contributed by atoms with E-state index in [-0.39, 0.29) is 11.6 Å². The Bertz CT molecular complexity index is 439. The number of carbonyl (C=O) groups excluding carboxylic acids is 2. The number of hydrogen-bond donors (Lipinski definition) is 1. The molecule has 96 valence electrons. The van der Waals surface area contributed by atoms with Crippen molar-refractivity contribution in [3.8, 4) is 0 Å². The zero-order chi connectivity index (χ0) is 13.0. The van der Waals surface area contributed by atoms with Gasteiger partial charge in [-0.15, -0.1) is 0 Å². The monoisotopic (exact) mass is 250 g/mol. The molecule has 0 bridgehead atoms. The second-order valence-electron chi connectivity index (χ2n) is 4.31. The number of halogens is 1. The number of amides is 3. The van der Waals surface area contributed by atoms with Crippen molar-refractivity contribution in [3.63, 3.8) is 0 Å². The average Bonchev–Trinajstić information content (AvgIpc) is 2.40. The molecule has 1 N–H and O–H groups in total. The Morgan fingerprint density at radius 2 is 1.67 bits per heavy atom. The molecule has 1 aliphatic rings. The standard InChI is InChI=1S/C13H15FN2O2/c14-11-6-4-10(5-7-11)12(17)15-13(18)16-8-2-1-3-9-16/h4-7H,1-3,8-9H2,(H,15,17,18). The van der Waals surface area contributed by atoms with E-state index >= 15 is 0 Å². The minimum Gasteiger partial charge on any atom is -0.324 e. The first kappa shape index (κ1) is 12.5. The lowest BCUT2D eigenvalue weighted by molar-refractivity contribution is 0.0948. The van der Waals surface area contributed by atoms with Gasteiger partial charge in [0, 0.05) is 18.7 Å². The molecule has 0 atom stereocenters. The zero-order valence-electron chi connectivity index (χ0n) is 9.99. The van der Waals surface area contributed by atoms with Gasteiger partial charge < -0.3 is 4.90 Å². The second-order valence-corrected chi connectivity index (χ2v) is 4.31. The Balaban J connectivity index is 1.94. The molecule has 1 saturated heterocycles. The maximum absolute atomic E-state index is 12.7. The fourth-order valence-electron chi connectivity index (χ4n) is 1.95. The van der Waals surface area contributed by atoms with E-state index in [4.69, 9.17) is 0 Å². The van der Waals surface area contributed by atoms with E-state index in [1.54, 1.807) is 4.90 Å². The van der Waals surface area contributed by atoms with Crippen molar-refractivity contribution in [1.29, 1.82) is 0 Å². The van der Waals surface area contributed by atoms with E-state index in [9.17, 15) is 14.0 Å². The van der Waals surface area contributed by atoms with E-state index < -0.39 is 11.7 Å². The van der Waals surface area contributed by atoms with Crippen molar-refractivity contribution in [2.45, 2.75) is 19.3 Å². The van der Waals surface area contributed by atoms with Crippen molar-refractivity contribution in [2.75, 3.05) is 13.1 Å². The van der Waals surface area contributed by atoms with Gasteiger partial charge in [0.1, 0.15) is 5.82 Å². The quantitative estimate of drug-likeness (QED) is 0.830. The van der Waals surface area contributed by atoms with Crippen molar-refractivity contribution in [1.82, 2.24) is 10.2 Å². The molecule has 1 heterocycles. The van der Waals surface area contributed by atoms with Crippen LogP contribution in [-0.4, -0.2) is 29.9 Å². The molecule has 0 saturated carbocycles. The molecular formula is C13H15FN2O2. The Labute approximate surface area is 105 Å². The highest BCUT2D eigenvalue weighted by Crippen LogP contribution is 2.09. The third-order valence-electron chi connectivity index (χ3n) is 2.97. The van der Waals surface area contributed by atoms with E-state index in [0.29, 0.717) is 13.1 Å². The minimum absolute atomic E-state index is 0.279. The lowest BCUT2D eigenvalue weighted by atomic mass is 10.1. The Morgan fingerprint density at radius 1 is 1.06 bits per heavy atom. The fourth-order valence-corrected chi connectivity index (χ4v) is 1.95. The Hall–Kier alpha value is -1.91. The van der Waals surface area contributed by atoms with Gasteiger partial charge in [-0.3, -0.25) is 10.1 Å². The molecule has 1 fully saturated rings. The maximum atomic E-state index is 12.7. The Kier molecular flexibility index (Phi) is 3.92. The third-order valence-corrected chi connectivity index (χ3v) is 2.97. The molecule has 0 radical (unpaired) electrons. The smallest absolute Gasteiger partial charge is 0.324 e. The van der Waals surface area contributed by atoms with Crippen molar-refractivity contribution >= 4 is 11.9 Å². The summed E-state index contributed by atoms with van der Waals surface area (Å²) in [7, 11) is 0. The van der Waals surface area contributed by atoms with Gasteiger partial charge in [-0.2, -0.15) is 0 Å². The van der Waals surface area contributed by atoms with E-state index in [2.05, 4.69) is 5.32 Å². The molecule has 18 heavy (non-hydrogen) atoms. The summed E-state index contributed by atoms with van der Waals surface area (Å²) in [4.78, 5) is 25.1. The maximum Gasteiger partial charge on any atom is 0.324 e. The van der Waals surface area contributed by atoms with E-state index in [1.807, 2.05) is 0 Å². The minimum atomic E-state index is -0.495. The molecule has 2 rings (SSSR count). The molecule has 0 spiro atoms. The van der Waals surface area contributed by atoms with Gasteiger partial charge >= 0.3 is 6.03 Å². The summed E-state index contributed by atoms with van der Waals surface area (Å²) in [6, 6.07) is 4.73. The molecular weight excluding hydrogens is 235 g/mol. The summed E-state index contributed by atoms with van der Waals surface area (Å²) in [6.07, 6.45) is 3.06. The molecule has 4 nitrogen and oxygen atoms in total. The van der Waals surface area contributed by atoms with E-state index in [0.717, 1.165) is 19.3 Å². The highest BCUT2D eigenvalue weighted by molar-refractivity contribution is 6.04. The van der Waals surface area contributed by atoms with Gasteiger partial charge in [-0.1, -0.05) is 0 Å². The summed E-state index contributed by atoms with van der Waals surface area (Å²) in [6.45, 7) is 1.37. The SMILES string of the molecule is O=C(NC(=O)N1CCCCC1)c1ccc(F)cc1. The normalized spacial score (nSPS) is 15.3. The van der Waals surface area contributed by atoms with Crippen LogP contribution in [0.5, 0.6) is 0 Å². The second kappa shape index (κ2) is 5.62. The molecule has 1 aromatic carbocycles. The van der Waals surface area contributed by atoms with Crippen LogP contribution in [0.2, 0.25) is 0 Å². The third kappa shape index (κ3) is 3.06. The van der Waals surface area contributed by atoms with Gasteiger partial charge in [0.15, 0.2) is 0 Å². The number of nitrogens with one attached hydrogen (secondary N) is 1. The van der Waals surface area contributed by atoms with Gasteiger partial charge in [0.05, 0.1) is 0 Å². The number of urea groups is 1. The van der Waals surface area contributed by atoms with Crippen molar-refractivity contribution < 1.29 is 14.0 Å². The first-order valence-corrected chi connectivity index (χ1v) is 6.02. The Morgan fingerprint density at radius 3 is 2.28 bits per heavy atom. The van der Waals surface area contributed by atoms with Gasteiger partial charge in [0.25, 0.3) is 5.91 Å². The molecule has 0 aliphatic carbocycles. The predicted molar refractivity (Wildman–Crippen MR) is 64.7 cm³/mol. The first-order chi connectivity index (χ1) is 8.66. The molecule has 0 unspecified atom stereocenters. The largest absolute Gasteiger partial charge is 0.324 e. The van der Waals surface area contributed by atoms with Crippen molar-refractivity contribution in [2.24, 2.45) is 0 Å². The van der Waals surface area contributed by atoms with Crippen LogP contribution in [0, 0.1) is 5.82 Å². The number of nitrogens with zero attached hydrogens (tertiary/aromatic N) is 1. The number of carbonyl (C=O) groups is 2. The van der Waals surface area contributed by atoms with Crippen LogP contribution >= 0.6 is 0 Å². The number of rotatable bonds is 1. The summed E-state index contributed by atoms with van der Waals surface area (Å²) < 4.78 is 12.7. The first-order valence-electron chi connectivity index (χ1n) is 6.02. The van der Waals surface area contributed by atoms with Crippen LogP contribution in [0.25, 0.3) is 0 Å².